The molecule has 3 rings (SSSR count). The third kappa shape index (κ3) is 5.45. The Morgan fingerprint density at radius 3 is 2.21 bits per heavy atom. The second-order valence-corrected chi connectivity index (χ2v) is 9.18. The minimum atomic E-state index is -3.47. The van der Waals surface area contributed by atoms with E-state index in [-0.39, 0.29) is 17.5 Å². The molecule has 2 fully saturated rings. The zero-order chi connectivity index (χ0) is 20.1. The first kappa shape index (κ1) is 20.6. The third-order valence-electron chi connectivity index (χ3n) is 5.18. The number of nitrogens with zero attached hydrogens (tertiary/aromatic N) is 3. The molecule has 1 N–H and O–H groups in total. The van der Waals surface area contributed by atoms with E-state index in [4.69, 9.17) is 0 Å². The molecule has 28 heavy (non-hydrogen) atoms. The van der Waals surface area contributed by atoms with Crippen molar-refractivity contribution in [3.63, 3.8) is 0 Å². The second kappa shape index (κ2) is 8.91. The topological polar surface area (TPSA) is 90.0 Å². The van der Waals surface area contributed by atoms with Gasteiger partial charge in [0.15, 0.2) is 0 Å². The maximum Gasteiger partial charge on any atom is 0.256 e. The smallest absolute Gasteiger partial charge is 0.256 e. The fourth-order valence-corrected chi connectivity index (χ4v) is 4.25. The molecule has 0 aliphatic carbocycles. The van der Waals surface area contributed by atoms with Gasteiger partial charge in [-0.2, -0.15) is 0 Å². The Morgan fingerprint density at radius 2 is 1.57 bits per heavy atom. The van der Waals surface area contributed by atoms with Gasteiger partial charge >= 0.3 is 0 Å². The third-order valence-corrected chi connectivity index (χ3v) is 5.77. The first-order valence-corrected chi connectivity index (χ1v) is 11.6. The second-order valence-electron chi connectivity index (χ2n) is 7.43. The molecule has 2 heterocycles. The Labute approximate surface area is 166 Å². The zero-order valence-electron chi connectivity index (χ0n) is 16.3. The molecule has 8 nitrogen and oxygen atoms in total. The van der Waals surface area contributed by atoms with Gasteiger partial charge in [0, 0.05) is 39.3 Å². The number of hydrogen-bond donors (Lipinski definition) is 1. The summed E-state index contributed by atoms with van der Waals surface area (Å²) in [5, 5.41) is 0. The average molecular weight is 409 g/mol. The highest BCUT2D eigenvalue weighted by atomic mass is 32.2. The molecular weight excluding hydrogens is 380 g/mol. The quantitative estimate of drug-likeness (QED) is 0.779. The normalized spacial score (nSPS) is 18.8. The Bertz CT molecular complexity index is 813. The fraction of sp³-hybridized carbons (Fsp3) is 0.579. The molecule has 0 atom stereocenters. The van der Waals surface area contributed by atoms with Crippen LogP contribution in [0.15, 0.2) is 24.3 Å². The van der Waals surface area contributed by atoms with Gasteiger partial charge in [-0.25, -0.2) is 8.42 Å². The number of carbonyl (C=O) groups is 2. The number of benzene rings is 1. The van der Waals surface area contributed by atoms with Crippen LogP contribution < -0.4 is 4.72 Å². The summed E-state index contributed by atoms with van der Waals surface area (Å²) in [6, 6.07) is 6.62. The van der Waals surface area contributed by atoms with Crippen molar-refractivity contribution in [3.8, 4) is 0 Å². The number of likely N-dealkylation sites (tertiary alicyclic amines) is 1. The fourth-order valence-electron chi connectivity index (χ4n) is 3.67. The van der Waals surface area contributed by atoms with Gasteiger partial charge in [-0.3, -0.25) is 19.2 Å². The minimum absolute atomic E-state index is 0.169. The number of carbonyl (C=O) groups excluding carboxylic acids is 2. The van der Waals surface area contributed by atoms with Crippen LogP contribution in [0.25, 0.3) is 0 Å². The number of anilines is 1. The van der Waals surface area contributed by atoms with Gasteiger partial charge in [0.25, 0.3) is 5.91 Å². The molecule has 0 bridgehead atoms. The Kier molecular flexibility index (Phi) is 6.56. The van der Waals surface area contributed by atoms with Gasteiger partial charge < -0.3 is 9.80 Å². The lowest BCUT2D eigenvalue weighted by molar-refractivity contribution is -0.133. The number of piperazine rings is 1. The number of amides is 2. The van der Waals surface area contributed by atoms with E-state index in [0.717, 1.165) is 32.2 Å². The van der Waals surface area contributed by atoms with Crippen LogP contribution >= 0.6 is 0 Å². The van der Waals surface area contributed by atoms with Crippen molar-refractivity contribution in [2.24, 2.45) is 0 Å². The average Bonchev–Trinajstić information content (AvgIpc) is 2.68. The number of nitrogens with one attached hydrogen (secondary N) is 1. The summed E-state index contributed by atoms with van der Waals surface area (Å²) < 4.78 is 25.5. The summed E-state index contributed by atoms with van der Waals surface area (Å²) in [4.78, 5) is 31.0. The summed E-state index contributed by atoms with van der Waals surface area (Å²) in [6.07, 6.45) is 4.41. The van der Waals surface area contributed by atoms with Crippen molar-refractivity contribution in [1.82, 2.24) is 14.7 Å². The molecule has 2 saturated heterocycles. The van der Waals surface area contributed by atoms with E-state index >= 15 is 0 Å². The van der Waals surface area contributed by atoms with Gasteiger partial charge in [0.05, 0.1) is 24.1 Å². The van der Waals surface area contributed by atoms with Crippen molar-refractivity contribution in [2.45, 2.75) is 19.3 Å². The zero-order valence-corrected chi connectivity index (χ0v) is 17.1. The molecule has 0 spiro atoms. The molecule has 1 aromatic rings. The van der Waals surface area contributed by atoms with E-state index in [2.05, 4.69) is 9.62 Å². The van der Waals surface area contributed by atoms with Crippen LogP contribution in [-0.2, 0) is 14.8 Å². The van der Waals surface area contributed by atoms with E-state index in [0.29, 0.717) is 38.3 Å². The Morgan fingerprint density at radius 1 is 0.929 bits per heavy atom. The first-order valence-electron chi connectivity index (χ1n) is 9.70. The van der Waals surface area contributed by atoms with Crippen LogP contribution in [0.5, 0.6) is 0 Å². The summed E-state index contributed by atoms with van der Waals surface area (Å²) in [6.45, 7) is 4.38. The molecule has 154 valence electrons. The molecule has 0 radical (unpaired) electrons. The molecule has 0 saturated carbocycles. The van der Waals surface area contributed by atoms with Gasteiger partial charge in [0.2, 0.25) is 15.9 Å². The molecular formula is C19H28N4O4S. The van der Waals surface area contributed by atoms with Crippen LogP contribution in [-0.4, -0.2) is 87.0 Å². The first-order chi connectivity index (χ1) is 13.3. The Balaban J connectivity index is 1.56. The summed E-state index contributed by atoms with van der Waals surface area (Å²) in [5.74, 6) is -0.0315. The molecule has 1 aromatic carbocycles. The SMILES string of the molecule is CS(=O)(=O)Nc1ccccc1C(=O)N1CCN(CC(=O)N2CCCCC2)CC1. The lowest BCUT2D eigenvalue weighted by atomic mass is 10.1. The van der Waals surface area contributed by atoms with Crippen LogP contribution in [0.1, 0.15) is 29.6 Å². The van der Waals surface area contributed by atoms with E-state index in [1.54, 1.807) is 29.2 Å². The van der Waals surface area contributed by atoms with Crippen molar-refractivity contribution < 1.29 is 18.0 Å². The maximum absolute atomic E-state index is 12.9. The molecule has 0 aromatic heterocycles. The van der Waals surface area contributed by atoms with Gasteiger partial charge in [0.1, 0.15) is 0 Å². The summed E-state index contributed by atoms with van der Waals surface area (Å²) in [7, 11) is -3.47. The standard InChI is InChI=1S/C19H28N4O4S/c1-28(26,27)20-17-8-4-3-7-16(17)19(25)23-13-11-21(12-14-23)15-18(24)22-9-5-2-6-10-22/h3-4,7-8,20H,2,5-6,9-15H2,1H3. The molecule has 2 aliphatic heterocycles. The number of piperidine rings is 1. The largest absolute Gasteiger partial charge is 0.342 e. The van der Waals surface area contributed by atoms with Crippen molar-refractivity contribution in [1.29, 1.82) is 0 Å². The summed E-state index contributed by atoms with van der Waals surface area (Å²) >= 11 is 0. The van der Waals surface area contributed by atoms with Crippen molar-refractivity contribution in [3.05, 3.63) is 29.8 Å². The number of para-hydroxylation sites is 1. The van der Waals surface area contributed by atoms with Crippen molar-refractivity contribution >= 4 is 27.5 Å². The Hall–Kier alpha value is -2.13. The molecule has 0 unspecified atom stereocenters. The van der Waals surface area contributed by atoms with Crippen LogP contribution in [0, 0.1) is 0 Å². The van der Waals surface area contributed by atoms with Crippen molar-refractivity contribution in [2.75, 3.05) is 56.8 Å². The maximum atomic E-state index is 12.9. The minimum Gasteiger partial charge on any atom is -0.342 e. The van der Waals surface area contributed by atoms with Crippen LogP contribution in [0.3, 0.4) is 0 Å². The predicted molar refractivity (Wildman–Crippen MR) is 108 cm³/mol. The van der Waals surface area contributed by atoms with E-state index < -0.39 is 10.0 Å². The van der Waals surface area contributed by atoms with Gasteiger partial charge in [-0.05, 0) is 31.4 Å². The molecule has 9 heteroatoms. The van der Waals surface area contributed by atoms with E-state index in [1.165, 1.54) is 6.42 Å². The lowest BCUT2D eigenvalue weighted by Crippen LogP contribution is -2.52. The monoisotopic (exact) mass is 408 g/mol. The van der Waals surface area contributed by atoms with Crippen LogP contribution in [0.2, 0.25) is 0 Å². The summed E-state index contributed by atoms with van der Waals surface area (Å²) in [5.41, 5.74) is 0.628. The van der Waals surface area contributed by atoms with Gasteiger partial charge in [-0.1, -0.05) is 12.1 Å². The molecule has 2 amide bonds. The van der Waals surface area contributed by atoms with Gasteiger partial charge in [-0.15, -0.1) is 0 Å². The number of rotatable bonds is 5. The highest BCUT2D eigenvalue weighted by molar-refractivity contribution is 7.92. The molecule has 2 aliphatic rings. The number of hydrogen-bond acceptors (Lipinski definition) is 5. The predicted octanol–water partition coefficient (Wildman–Crippen LogP) is 0.828. The van der Waals surface area contributed by atoms with E-state index in [1.807, 2.05) is 4.90 Å². The lowest BCUT2D eigenvalue weighted by Gasteiger charge is -2.36. The van der Waals surface area contributed by atoms with E-state index in [9.17, 15) is 18.0 Å². The highest BCUT2D eigenvalue weighted by Gasteiger charge is 2.26. The van der Waals surface area contributed by atoms with Crippen LogP contribution in [0.4, 0.5) is 5.69 Å². The number of sulfonamides is 1. The highest BCUT2D eigenvalue weighted by Crippen LogP contribution is 2.19.